The van der Waals surface area contributed by atoms with Gasteiger partial charge in [0, 0.05) is 18.7 Å². The van der Waals surface area contributed by atoms with Crippen LogP contribution in [0.25, 0.3) is 0 Å². The first-order valence-electron chi connectivity index (χ1n) is 9.90. The molecule has 2 N–H and O–H groups in total. The molecule has 0 atom stereocenters. The Hall–Kier alpha value is -3.00. The van der Waals surface area contributed by atoms with Crippen LogP contribution in [0.5, 0.6) is 5.75 Å². The predicted molar refractivity (Wildman–Crippen MR) is 108 cm³/mol. The van der Waals surface area contributed by atoms with Crippen LogP contribution in [0.1, 0.15) is 34.3 Å². The Kier molecular flexibility index (Phi) is 7.73. The summed E-state index contributed by atoms with van der Waals surface area (Å²) in [5.74, 6) is -0.813. The third-order valence-corrected chi connectivity index (χ3v) is 4.94. The van der Waals surface area contributed by atoms with Crippen LogP contribution in [-0.4, -0.2) is 43.0 Å². The fraction of sp³-hybridized carbons (Fsp3) is 0.364. The molecular formula is C22H25F2N3O3. The Bertz CT molecular complexity index is 853. The maximum Gasteiger partial charge on any atom is 0.387 e. The number of halogens is 2. The van der Waals surface area contributed by atoms with Gasteiger partial charge in [-0.25, -0.2) is 0 Å². The Labute approximate surface area is 174 Å². The summed E-state index contributed by atoms with van der Waals surface area (Å²) in [6, 6.07) is 13.3. The number of amides is 2. The van der Waals surface area contributed by atoms with E-state index in [1.165, 1.54) is 42.7 Å². The minimum absolute atomic E-state index is 0.0353. The van der Waals surface area contributed by atoms with Gasteiger partial charge in [0.2, 0.25) is 5.91 Å². The molecule has 0 unspecified atom stereocenters. The van der Waals surface area contributed by atoms with E-state index in [2.05, 4.69) is 26.3 Å². The molecule has 2 amide bonds. The molecule has 1 aliphatic rings. The Morgan fingerprint density at radius 3 is 2.30 bits per heavy atom. The summed E-state index contributed by atoms with van der Waals surface area (Å²) < 4.78 is 28.6. The zero-order valence-corrected chi connectivity index (χ0v) is 16.6. The molecule has 1 fully saturated rings. The topological polar surface area (TPSA) is 70.7 Å². The van der Waals surface area contributed by atoms with Crippen molar-refractivity contribution in [3.05, 3.63) is 65.2 Å². The highest BCUT2D eigenvalue weighted by Crippen LogP contribution is 2.16. The molecule has 1 heterocycles. The molecule has 30 heavy (non-hydrogen) atoms. The molecular weight excluding hydrogens is 392 g/mol. The van der Waals surface area contributed by atoms with Crippen molar-refractivity contribution in [3.8, 4) is 5.75 Å². The van der Waals surface area contributed by atoms with Crippen molar-refractivity contribution < 1.29 is 23.1 Å². The number of ether oxygens (including phenoxy) is 1. The summed E-state index contributed by atoms with van der Waals surface area (Å²) in [7, 11) is 0. The molecule has 160 valence electrons. The fourth-order valence-electron chi connectivity index (χ4n) is 3.37. The summed E-state index contributed by atoms with van der Waals surface area (Å²) in [6.45, 7) is 0.354. The number of nitrogens with zero attached hydrogens (tertiary/aromatic N) is 1. The van der Waals surface area contributed by atoms with Gasteiger partial charge < -0.3 is 15.4 Å². The van der Waals surface area contributed by atoms with Gasteiger partial charge >= 0.3 is 6.61 Å². The van der Waals surface area contributed by atoms with Crippen molar-refractivity contribution in [2.75, 3.05) is 19.6 Å². The number of carbonyl (C=O) groups is 2. The minimum Gasteiger partial charge on any atom is -0.435 e. The van der Waals surface area contributed by atoms with Crippen molar-refractivity contribution in [1.82, 2.24) is 15.5 Å². The number of hydrogen-bond donors (Lipinski definition) is 2. The standard InChI is InChI=1S/C22H25F2N3O3/c23-22(24)30-19-9-7-16(8-10-19)21(29)26-14-20(28)25-13-17-5-1-2-6-18(17)15-27-11-3-4-12-27/h1-2,5-10,22H,3-4,11-15H2,(H,25,28)(H,26,29). The molecule has 8 heteroatoms. The van der Waals surface area contributed by atoms with Crippen LogP contribution < -0.4 is 15.4 Å². The van der Waals surface area contributed by atoms with E-state index < -0.39 is 12.5 Å². The van der Waals surface area contributed by atoms with Gasteiger partial charge in [-0.15, -0.1) is 0 Å². The SMILES string of the molecule is O=C(CNC(=O)c1ccc(OC(F)F)cc1)NCc1ccccc1CN1CCCC1. The number of alkyl halides is 2. The Morgan fingerprint density at radius 1 is 0.967 bits per heavy atom. The Morgan fingerprint density at radius 2 is 1.63 bits per heavy atom. The van der Waals surface area contributed by atoms with Gasteiger partial charge in [-0.2, -0.15) is 8.78 Å². The van der Waals surface area contributed by atoms with Crippen LogP contribution in [0.2, 0.25) is 0 Å². The van der Waals surface area contributed by atoms with Crippen LogP contribution in [0.3, 0.4) is 0 Å². The lowest BCUT2D eigenvalue weighted by atomic mass is 10.1. The first-order chi connectivity index (χ1) is 14.5. The van der Waals surface area contributed by atoms with Gasteiger partial charge in [0.25, 0.3) is 5.91 Å². The van der Waals surface area contributed by atoms with Crippen molar-refractivity contribution in [3.63, 3.8) is 0 Å². The Balaban J connectivity index is 1.45. The second kappa shape index (κ2) is 10.7. The number of hydrogen-bond acceptors (Lipinski definition) is 4. The van der Waals surface area contributed by atoms with Crippen LogP contribution in [0, 0.1) is 0 Å². The zero-order chi connectivity index (χ0) is 21.3. The monoisotopic (exact) mass is 417 g/mol. The number of likely N-dealkylation sites (tertiary alicyclic amines) is 1. The van der Waals surface area contributed by atoms with E-state index in [1.807, 2.05) is 18.2 Å². The molecule has 0 radical (unpaired) electrons. The fourth-order valence-corrected chi connectivity index (χ4v) is 3.37. The summed E-state index contributed by atoms with van der Waals surface area (Å²) in [5, 5.41) is 5.35. The van der Waals surface area contributed by atoms with E-state index in [-0.39, 0.29) is 23.8 Å². The second-order valence-corrected chi connectivity index (χ2v) is 7.11. The number of nitrogens with one attached hydrogen (secondary N) is 2. The highest BCUT2D eigenvalue weighted by atomic mass is 19.3. The van der Waals surface area contributed by atoms with Crippen LogP contribution >= 0.6 is 0 Å². The predicted octanol–water partition coefficient (Wildman–Crippen LogP) is 2.93. The first kappa shape index (κ1) is 21.7. The lowest BCUT2D eigenvalue weighted by molar-refractivity contribution is -0.120. The van der Waals surface area contributed by atoms with Crippen molar-refractivity contribution in [2.45, 2.75) is 32.5 Å². The third kappa shape index (κ3) is 6.52. The molecule has 0 spiro atoms. The number of carbonyl (C=O) groups excluding carboxylic acids is 2. The lowest BCUT2D eigenvalue weighted by Crippen LogP contribution is -2.36. The largest absolute Gasteiger partial charge is 0.435 e. The van der Waals surface area contributed by atoms with Gasteiger partial charge in [-0.3, -0.25) is 14.5 Å². The molecule has 3 rings (SSSR count). The van der Waals surface area contributed by atoms with Gasteiger partial charge in [-0.05, 0) is 61.3 Å². The molecule has 0 aliphatic carbocycles. The summed E-state index contributed by atoms with van der Waals surface area (Å²) in [6.07, 6.45) is 2.45. The van der Waals surface area contributed by atoms with E-state index in [0.29, 0.717) is 6.54 Å². The molecule has 0 bridgehead atoms. The zero-order valence-electron chi connectivity index (χ0n) is 16.6. The molecule has 1 saturated heterocycles. The van der Waals surface area contributed by atoms with Crippen LogP contribution in [0.15, 0.2) is 48.5 Å². The third-order valence-electron chi connectivity index (χ3n) is 4.94. The summed E-state index contributed by atoms with van der Waals surface area (Å²) in [4.78, 5) is 26.7. The average molecular weight is 417 g/mol. The quantitative estimate of drug-likeness (QED) is 0.658. The molecule has 1 aliphatic heterocycles. The molecule has 2 aromatic carbocycles. The second-order valence-electron chi connectivity index (χ2n) is 7.11. The van der Waals surface area contributed by atoms with Crippen LogP contribution in [0.4, 0.5) is 8.78 Å². The normalized spacial score (nSPS) is 14.0. The van der Waals surface area contributed by atoms with Gasteiger partial charge in [0.15, 0.2) is 0 Å². The van der Waals surface area contributed by atoms with Gasteiger partial charge in [-0.1, -0.05) is 24.3 Å². The molecule has 2 aromatic rings. The maximum absolute atomic E-state index is 12.2. The van der Waals surface area contributed by atoms with Crippen molar-refractivity contribution in [2.24, 2.45) is 0 Å². The van der Waals surface area contributed by atoms with Gasteiger partial charge in [0.05, 0.1) is 6.54 Å². The van der Waals surface area contributed by atoms with Crippen molar-refractivity contribution in [1.29, 1.82) is 0 Å². The molecule has 6 nitrogen and oxygen atoms in total. The maximum atomic E-state index is 12.2. The van der Waals surface area contributed by atoms with Crippen molar-refractivity contribution >= 4 is 11.8 Å². The highest BCUT2D eigenvalue weighted by Gasteiger charge is 2.14. The van der Waals surface area contributed by atoms with E-state index in [9.17, 15) is 18.4 Å². The molecule has 0 saturated carbocycles. The van der Waals surface area contributed by atoms with E-state index >= 15 is 0 Å². The first-order valence-corrected chi connectivity index (χ1v) is 9.90. The number of benzene rings is 2. The lowest BCUT2D eigenvalue weighted by Gasteiger charge is -2.17. The average Bonchev–Trinajstić information content (AvgIpc) is 3.24. The summed E-state index contributed by atoms with van der Waals surface area (Å²) in [5.41, 5.74) is 2.49. The number of rotatable bonds is 9. The smallest absolute Gasteiger partial charge is 0.387 e. The van der Waals surface area contributed by atoms with Gasteiger partial charge in [0.1, 0.15) is 5.75 Å². The van der Waals surface area contributed by atoms with E-state index in [1.54, 1.807) is 0 Å². The minimum atomic E-state index is -2.92. The highest BCUT2D eigenvalue weighted by molar-refractivity contribution is 5.96. The summed E-state index contributed by atoms with van der Waals surface area (Å²) >= 11 is 0. The van der Waals surface area contributed by atoms with Crippen LogP contribution in [-0.2, 0) is 17.9 Å². The van der Waals surface area contributed by atoms with E-state index in [0.717, 1.165) is 25.2 Å². The molecule has 0 aromatic heterocycles. The van der Waals surface area contributed by atoms with E-state index in [4.69, 9.17) is 0 Å².